The molecule has 2 aromatic carbocycles. The van der Waals surface area contributed by atoms with Crippen LogP contribution in [0.3, 0.4) is 0 Å². The summed E-state index contributed by atoms with van der Waals surface area (Å²) in [4.78, 5) is 10.4. The van der Waals surface area contributed by atoms with Gasteiger partial charge in [-0.15, -0.1) is 0 Å². The molecular weight excluding hydrogens is 290 g/mol. The molecule has 0 unspecified atom stereocenters. The summed E-state index contributed by atoms with van der Waals surface area (Å²) in [6.45, 7) is 0. The van der Waals surface area contributed by atoms with E-state index >= 15 is 0 Å². The Hall–Kier alpha value is 0.0800. The van der Waals surface area contributed by atoms with Crippen molar-refractivity contribution in [3.63, 3.8) is 0 Å². The summed E-state index contributed by atoms with van der Waals surface area (Å²) in [7, 11) is -4.59. The van der Waals surface area contributed by atoms with Crippen LogP contribution in [0.15, 0.2) is 41.3 Å². The molecule has 0 atom stereocenters. The quantitative estimate of drug-likeness (QED) is 0.622. The van der Waals surface area contributed by atoms with Crippen LogP contribution in [0.2, 0.25) is 0 Å². The maximum absolute atomic E-state index is 11.3. The molecule has 2 aromatic rings. The molecule has 19 heavy (non-hydrogen) atoms. The number of carboxylic acids is 1. The summed E-state index contributed by atoms with van der Waals surface area (Å²) in [5, 5.41) is 9.65. The number of hydrogen-bond donors (Lipinski definition) is 2. The van der Waals surface area contributed by atoms with E-state index in [0.29, 0.717) is 5.39 Å². The standard InChI is InChI=1S/C11H8O5S.2Na.2H/c12-11(13)9-6-5-7-3-1-2-4-8(7)10(9)17(14,15)16;;;;/h1-6H,(H,12,13)(H,14,15,16);;;;. The number of rotatable bonds is 2. The number of fused-ring (bicyclic) bond motifs is 1. The van der Waals surface area contributed by atoms with E-state index in [0.717, 1.165) is 6.07 Å². The molecule has 0 heterocycles. The SMILES string of the molecule is O=C(O)c1ccc2ccccc2c1S(=O)(=O)O.[NaH].[NaH]. The average Bonchev–Trinajstić information content (AvgIpc) is 2.26. The number of aromatic carboxylic acids is 1. The van der Waals surface area contributed by atoms with Gasteiger partial charge in [-0.05, 0) is 11.5 Å². The van der Waals surface area contributed by atoms with Gasteiger partial charge in [-0.1, -0.05) is 30.3 Å². The van der Waals surface area contributed by atoms with E-state index in [9.17, 15) is 13.2 Å². The first-order chi connectivity index (χ1) is 7.91. The minimum atomic E-state index is -4.59. The second-order valence-electron chi connectivity index (χ2n) is 3.44. The van der Waals surface area contributed by atoms with Gasteiger partial charge in [-0.2, -0.15) is 8.42 Å². The van der Waals surface area contributed by atoms with Crippen molar-refractivity contribution in [2.75, 3.05) is 0 Å². The molecule has 0 saturated heterocycles. The van der Waals surface area contributed by atoms with Gasteiger partial charge < -0.3 is 5.11 Å². The van der Waals surface area contributed by atoms with Crippen LogP contribution in [0.25, 0.3) is 10.8 Å². The second kappa shape index (κ2) is 7.19. The number of benzene rings is 2. The van der Waals surface area contributed by atoms with E-state index in [2.05, 4.69) is 0 Å². The van der Waals surface area contributed by atoms with Crippen LogP contribution in [0.4, 0.5) is 0 Å². The van der Waals surface area contributed by atoms with Gasteiger partial charge in [0.05, 0.1) is 5.56 Å². The summed E-state index contributed by atoms with van der Waals surface area (Å²) in [5.74, 6) is -1.40. The first kappa shape index (κ1) is 19.1. The van der Waals surface area contributed by atoms with Crippen LogP contribution in [0.1, 0.15) is 10.4 Å². The van der Waals surface area contributed by atoms with Crippen LogP contribution in [-0.2, 0) is 10.1 Å². The molecule has 8 heteroatoms. The zero-order valence-corrected chi connectivity index (χ0v) is 9.31. The fraction of sp³-hybridized carbons (Fsp3) is 0. The predicted molar refractivity (Wildman–Crippen MR) is 75.0 cm³/mol. The van der Waals surface area contributed by atoms with Crippen molar-refractivity contribution in [3.8, 4) is 0 Å². The first-order valence-corrected chi connectivity index (χ1v) is 6.08. The van der Waals surface area contributed by atoms with Crippen molar-refractivity contribution < 1.29 is 22.9 Å². The molecule has 0 fully saturated rings. The topological polar surface area (TPSA) is 91.7 Å². The van der Waals surface area contributed by atoms with Crippen LogP contribution in [0.5, 0.6) is 0 Å². The van der Waals surface area contributed by atoms with Crippen molar-refractivity contribution >= 4 is 86.0 Å². The van der Waals surface area contributed by atoms with E-state index in [4.69, 9.17) is 9.66 Å². The zero-order valence-electron chi connectivity index (χ0n) is 8.49. The average molecular weight is 300 g/mol. The Balaban J connectivity index is 0.00000162. The van der Waals surface area contributed by atoms with Crippen molar-refractivity contribution in [2.24, 2.45) is 0 Å². The Kier molecular flexibility index (Phi) is 7.22. The molecule has 0 aliphatic heterocycles. The zero-order chi connectivity index (χ0) is 12.6. The van der Waals surface area contributed by atoms with Crippen LogP contribution in [0, 0.1) is 0 Å². The fourth-order valence-corrected chi connectivity index (χ4v) is 2.59. The van der Waals surface area contributed by atoms with E-state index in [1.807, 2.05) is 0 Å². The molecule has 0 spiro atoms. The Morgan fingerprint density at radius 1 is 1.00 bits per heavy atom. The third-order valence-electron chi connectivity index (χ3n) is 2.37. The van der Waals surface area contributed by atoms with Crippen molar-refractivity contribution in [1.82, 2.24) is 0 Å². The maximum atomic E-state index is 11.3. The van der Waals surface area contributed by atoms with E-state index in [1.165, 1.54) is 12.1 Å². The molecule has 0 aliphatic rings. The minimum absolute atomic E-state index is 0. The van der Waals surface area contributed by atoms with Gasteiger partial charge in [-0.25, -0.2) is 4.79 Å². The molecule has 0 bridgehead atoms. The Morgan fingerprint density at radius 2 is 1.58 bits per heavy atom. The van der Waals surface area contributed by atoms with Gasteiger partial charge in [0.2, 0.25) is 0 Å². The third kappa shape index (κ3) is 4.03. The van der Waals surface area contributed by atoms with Gasteiger partial charge in [0.15, 0.2) is 0 Å². The van der Waals surface area contributed by atoms with E-state index in [1.54, 1.807) is 18.2 Å². The second-order valence-corrected chi connectivity index (χ2v) is 4.80. The molecular formula is C11H10Na2O5S. The molecule has 0 radical (unpaired) electrons. The van der Waals surface area contributed by atoms with Gasteiger partial charge in [0, 0.05) is 5.39 Å². The van der Waals surface area contributed by atoms with Gasteiger partial charge in [0.1, 0.15) is 4.90 Å². The summed E-state index contributed by atoms with van der Waals surface area (Å²) in [6, 6.07) is 9.00. The molecule has 0 aliphatic carbocycles. The van der Waals surface area contributed by atoms with E-state index < -0.39 is 26.5 Å². The first-order valence-electron chi connectivity index (χ1n) is 4.64. The van der Waals surface area contributed by atoms with Crippen LogP contribution < -0.4 is 0 Å². The van der Waals surface area contributed by atoms with Crippen molar-refractivity contribution in [1.29, 1.82) is 0 Å². The monoisotopic (exact) mass is 300 g/mol. The number of carboxylic acid groups (broad SMARTS) is 1. The Morgan fingerprint density at radius 3 is 2.11 bits per heavy atom. The third-order valence-corrected chi connectivity index (χ3v) is 3.32. The van der Waals surface area contributed by atoms with Crippen LogP contribution >= 0.6 is 0 Å². The van der Waals surface area contributed by atoms with Gasteiger partial charge in [-0.3, -0.25) is 4.55 Å². The Labute approximate surface area is 154 Å². The Bertz CT molecular complexity index is 712. The normalized spacial score (nSPS) is 10.4. The molecule has 92 valence electrons. The summed E-state index contributed by atoms with van der Waals surface area (Å²) in [6.07, 6.45) is 0. The molecule has 0 saturated carbocycles. The number of hydrogen-bond acceptors (Lipinski definition) is 3. The molecule has 2 rings (SSSR count). The van der Waals surface area contributed by atoms with Crippen molar-refractivity contribution in [2.45, 2.75) is 4.90 Å². The summed E-state index contributed by atoms with van der Waals surface area (Å²) >= 11 is 0. The van der Waals surface area contributed by atoms with E-state index in [-0.39, 0.29) is 64.5 Å². The molecule has 5 nitrogen and oxygen atoms in total. The number of carbonyl (C=O) groups is 1. The van der Waals surface area contributed by atoms with Gasteiger partial charge in [0.25, 0.3) is 10.1 Å². The van der Waals surface area contributed by atoms with Crippen molar-refractivity contribution in [3.05, 3.63) is 42.0 Å². The summed E-state index contributed by atoms with van der Waals surface area (Å²) < 4.78 is 31.7. The van der Waals surface area contributed by atoms with Gasteiger partial charge >= 0.3 is 65.1 Å². The summed E-state index contributed by atoms with van der Waals surface area (Å²) in [5.41, 5.74) is -0.439. The molecule has 0 aromatic heterocycles. The van der Waals surface area contributed by atoms with Crippen LogP contribution in [-0.4, -0.2) is 83.2 Å². The molecule has 2 N–H and O–H groups in total. The predicted octanol–water partition coefficient (Wildman–Crippen LogP) is 0.488. The molecule has 0 amide bonds. The fourth-order valence-electron chi connectivity index (χ4n) is 1.69.